The number of hydrogen-bond acceptors (Lipinski definition) is 3. The number of nitrogens with two attached hydrogens (primary N) is 1. The molecule has 172 valence electrons. The largest absolute Gasteiger partial charge is 0.327 e. The molecule has 2 aromatic carbocycles. The van der Waals surface area contributed by atoms with E-state index in [1.54, 1.807) is 6.07 Å². The van der Waals surface area contributed by atoms with Crippen molar-refractivity contribution in [3.05, 3.63) is 68.7 Å². The van der Waals surface area contributed by atoms with E-state index >= 15 is 0 Å². The molecule has 0 spiro atoms. The van der Waals surface area contributed by atoms with Gasteiger partial charge in [0.2, 0.25) is 0 Å². The Bertz CT molecular complexity index is 972. The van der Waals surface area contributed by atoms with Crippen LogP contribution in [0, 0.1) is 0 Å². The van der Waals surface area contributed by atoms with Gasteiger partial charge >= 0.3 is 0 Å². The van der Waals surface area contributed by atoms with E-state index in [0.717, 1.165) is 30.4 Å². The monoisotopic (exact) mass is 599 g/mol. The highest BCUT2D eigenvalue weighted by Crippen LogP contribution is 2.35. The number of fused-ring (bicyclic) bond motifs is 1. The Morgan fingerprint density at radius 3 is 2.45 bits per heavy atom. The highest BCUT2D eigenvalue weighted by atomic mass is 127. The van der Waals surface area contributed by atoms with E-state index in [4.69, 9.17) is 28.9 Å². The average Bonchev–Trinajstić information content (AvgIpc) is 2.77. The van der Waals surface area contributed by atoms with Crippen LogP contribution in [0.2, 0.25) is 10.0 Å². The SMILES string of the molecule is CI.NC1CCc2ccc(CCS(=O)(=O)CCCF)cc2C1Cc1ccc(Cl)c(Cl)c1. The van der Waals surface area contributed by atoms with Crippen molar-refractivity contribution in [1.29, 1.82) is 0 Å². The Kier molecular flexibility index (Phi) is 11.0. The number of rotatable bonds is 8. The van der Waals surface area contributed by atoms with Crippen molar-refractivity contribution < 1.29 is 12.8 Å². The van der Waals surface area contributed by atoms with Crippen molar-refractivity contribution in [1.82, 2.24) is 0 Å². The van der Waals surface area contributed by atoms with Gasteiger partial charge in [0.1, 0.15) is 0 Å². The lowest BCUT2D eigenvalue weighted by molar-refractivity contribution is 0.467. The molecule has 2 N–H and O–H groups in total. The summed E-state index contributed by atoms with van der Waals surface area (Å²) >= 11 is 14.4. The predicted octanol–water partition coefficient (Wildman–Crippen LogP) is 5.96. The first kappa shape index (κ1) is 26.8. The van der Waals surface area contributed by atoms with Gasteiger partial charge < -0.3 is 5.73 Å². The highest BCUT2D eigenvalue weighted by molar-refractivity contribution is 14.1. The van der Waals surface area contributed by atoms with Gasteiger partial charge in [0.25, 0.3) is 0 Å². The van der Waals surface area contributed by atoms with Crippen molar-refractivity contribution in [3.63, 3.8) is 0 Å². The zero-order chi connectivity index (χ0) is 23.0. The second-order valence-electron chi connectivity index (χ2n) is 7.74. The summed E-state index contributed by atoms with van der Waals surface area (Å²) in [6, 6.07) is 11.9. The smallest absolute Gasteiger partial charge is 0.150 e. The molecule has 1 aliphatic carbocycles. The Hall–Kier alpha value is -0.410. The summed E-state index contributed by atoms with van der Waals surface area (Å²) in [6.07, 6.45) is 3.08. The molecule has 0 aliphatic heterocycles. The number of hydrogen-bond donors (Lipinski definition) is 1. The minimum atomic E-state index is -3.24. The molecule has 2 atom stereocenters. The van der Waals surface area contributed by atoms with E-state index < -0.39 is 16.5 Å². The zero-order valence-electron chi connectivity index (χ0n) is 17.6. The number of sulfone groups is 1. The molecule has 1 aliphatic rings. The van der Waals surface area contributed by atoms with E-state index in [2.05, 4.69) is 34.7 Å². The van der Waals surface area contributed by atoms with E-state index in [1.165, 1.54) is 11.1 Å². The van der Waals surface area contributed by atoms with E-state index in [1.807, 2.05) is 23.1 Å². The Morgan fingerprint density at radius 2 is 1.77 bits per heavy atom. The molecule has 0 saturated heterocycles. The van der Waals surface area contributed by atoms with Crippen molar-refractivity contribution in [2.24, 2.45) is 5.73 Å². The number of halogens is 4. The third-order valence-corrected chi connectivity index (χ3v) is 8.08. The van der Waals surface area contributed by atoms with Crippen LogP contribution in [0.3, 0.4) is 0 Å². The molecular weight excluding hydrogens is 571 g/mol. The molecule has 2 aromatic rings. The predicted molar refractivity (Wildman–Crippen MR) is 139 cm³/mol. The van der Waals surface area contributed by atoms with Crippen molar-refractivity contribution in [2.75, 3.05) is 23.1 Å². The third kappa shape index (κ3) is 7.84. The van der Waals surface area contributed by atoms with Gasteiger partial charge in [-0.2, -0.15) is 0 Å². The zero-order valence-corrected chi connectivity index (χ0v) is 22.1. The third-order valence-electron chi connectivity index (χ3n) is 5.60. The van der Waals surface area contributed by atoms with Crippen LogP contribution in [0.15, 0.2) is 36.4 Å². The van der Waals surface area contributed by atoms with Gasteiger partial charge in [0.05, 0.1) is 28.2 Å². The Morgan fingerprint density at radius 1 is 1.06 bits per heavy atom. The van der Waals surface area contributed by atoms with Crippen LogP contribution in [0.25, 0.3) is 0 Å². The summed E-state index contributed by atoms with van der Waals surface area (Å²) in [6.45, 7) is -0.605. The van der Waals surface area contributed by atoms with Gasteiger partial charge in [-0.25, -0.2) is 8.42 Å². The molecule has 0 aromatic heterocycles. The molecular formula is C23H29Cl2FINO2S. The fraction of sp³-hybridized carbons (Fsp3) is 0.478. The van der Waals surface area contributed by atoms with Gasteiger partial charge in [-0.05, 0) is 71.4 Å². The maximum Gasteiger partial charge on any atom is 0.150 e. The highest BCUT2D eigenvalue weighted by Gasteiger charge is 2.27. The van der Waals surface area contributed by atoms with E-state index in [-0.39, 0.29) is 29.9 Å². The topological polar surface area (TPSA) is 60.2 Å². The normalized spacial score (nSPS) is 18.1. The molecule has 2 unspecified atom stereocenters. The number of benzene rings is 2. The average molecular weight is 600 g/mol. The van der Waals surface area contributed by atoms with Gasteiger partial charge in [0, 0.05) is 12.0 Å². The van der Waals surface area contributed by atoms with Crippen LogP contribution >= 0.6 is 45.8 Å². The van der Waals surface area contributed by atoms with Gasteiger partial charge in [-0.15, -0.1) is 0 Å². The van der Waals surface area contributed by atoms with Crippen molar-refractivity contribution in [2.45, 2.75) is 44.1 Å². The molecule has 3 nitrogen and oxygen atoms in total. The molecule has 0 fully saturated rings. The second-order valence-corrected chi connectivity index (χ2v) is 10.9. The lowest BCUT2D eigenvalue weighted by Crippen LogP contribution is -2.34. The molecule has 0 amide bonds. The standard InChI is InChI=1S/C22H26Cl2FNO2S.CH3I/c23-20-6-3-16(14-21(20)24)13-19-18-12-15(2-4-17(18)5-7-22(19)26)8-11-29(27,28)10-1-9-25;1-2/h2-4,6,12,14,19,22H,1,5,7-11,13,26H2;1H3. The lowest BCUT2D eigenvalue weighted by atomic mass is 9.76. The van der Waals surface area contributed by atoms with Crippen LogP contribution in [0.1, 0.15) is 41.0 Å². The first-order valence-electron chi connectivity index (χ1n) is 10.2. The fourth-order valence-corrected chi connectivity index (χ4v) is 5.58. The van der Waals surface area contributed by atoms with Crippen LogP contribution in [-0.4, -0.2) is 37.6 Å². The van der Waals surface area contributed by atoms with Crippen molar-refractivity contribution in [3.8, 4) is 0 Å². The molecule has 0 radical (unpaired) electrons. The summed E-state index contributed by atoms with van der Waals surface area (Å²) in [4.78, 5) is 1.97. The summed E-state index contributed by atoms with van der Waals surface area (Å²) in [5.41, 5.74) is 11.0. The van der Waals surface area contributed by atoms with Gasteiger partial charge in [0.15, 0.2) is 9.84 Å². The summed E-state index contributed by atoms with van der Waals surface area (Å²) in [5.74, 6) is 0.0771. The first-order valence-corrected chi connectivity index (χ1v) is 15.0. The maximum atomic E-state index is 12.3. The molecule has 8 heteroatoms. The van der Waals surface area contributed by atoms with Crippen LogP contribution in [0.5, 0.6) is 0 Å². The summed E-state index contributed by atoms with van der Waals surface area (Å²) < 4.78 is 36.4. The second kappa shape index (κ2) is 12.7. The molecule has 0 heterocycles. The van der Waals surface area contributed by atoms with E-state index in [0.29, 0.717) is 16.5 Å². The van der Waals surface area contributed by atoms with Crippen LogP contribution in [0.4, 0.5) is 4.39 Å². The fourth-order valence-electron chi connectivity index (χ4n) is 3.96. The molecule has 0 saturated carbocycles. The Balaban J connectivity index is 0.00000166. The van der Waals surface area contributed by atoms with E-state index in [9.17, 15) is 12.8 Å². The van der Waals surface area contributed by atoms with Crippen LogP contribution in [-0.2, 0) is 29.1 Å². The van der Waals surface area contributed by atoms with Crippen molar-refractivity contribution >= 4 is 55.6 Å². The first-order chi connectivity index (χ1) is 14.8. The quantitative estimate of drug-likeness (QED) is 0.301. The summed E-state index contributed by atoms with van der Waals surface area (Å²) in [5, 5.41) is 1.06. The molecule has 3 rings (SSSR count). The maximum absolute atomic E-state index is 12.3. The minimum Gasteiger partial charge on any atom is -0.327 e. The number of alkyl halides is 2. The molecule has 31 heavy (non-hydrogen) atoms. The lowest BCUT2D eigenvalue weighted by Gasteiger charge is -2.32. The number of aryl methyl sites for hydroxylation is 2. The van der Waals surface area contributed by atoms with Gasteiger partial charge in [-0.1, -0.05) is 70.1 Å². The van der Waals surface area contributed by atoms with Gasteiger partial charge in [-0.3, -0.25) is 4.39 Å². The summed E-state index contributed by atoms with van der Waals surface area (Å²) in [7, 11) is -3.24. The van der Waals surface area contributed by atoms with Crippen LogP contribution < -0.4 is 5.73 Å². The Labute approximate surface area is 209 Å². The molecule has 0 bridgehead atoms. The minimum absolute atomic E-state index is 0.0282.